The second-order valence-corrected chi connectivity index (χ2v) is 13.2. The molecule has 2 aromatic rings. The average molecular weight is 522 g/mol. The molecule has 0 radical (unpaired) electrons. The minimum Gasteiger partial charge on any atom is -0.495 e. The van der Waals surface area contributed by atoms with Crippen LogP contribution in [0.25, 0.3) is 0 Å². The molecule has 1 atom stereocenters. The summed E-state index contributed by atoms with van der Waals surface area (Å²) in [6, 6.07) is 12.0. The van der Waals surface area contributed by atoms with Crippen LogP contribution < -0.4 is 9.64 Å². The highest BCUT2D eigenvalue weighted by atomic mass is 32.2. The fourth-order valence-electron chi connectivity index (χ4n) is 4.81. The monoisotopic (exact) mass is 521 g/mol. The van der Waals surface area contributed by atoms with Crippen LogP contribution in [0, 0.1) is 5.92 Å². The van der Waals surface area contributed by atoms with E-state index in [0.29, 0.717) is 61.5 Å². The van der Waals surface area contributed by atoms with E-state index in [2.05, 4.69) is 6.92 Å². The molecule has 0 bridgehead atoms. The second-order valence-electron chi connectivity index (χ2n) is 9.33. The molecule has 2 fully saturated rings. The number of rotatable bonds is 7. The molecule has 0 spiro atoms. The Morgan fingerprint density at radius 3 is 2.09 bits per heavy atom. The van der Waals surface area contributed by atoms with Gasteiger partial charge >= 0.3 is 0 Å². The lowest BCUT2D eigenvalue weighted by Crippen LogP contribution is -2.48. The number of aryl methyl sites for hydroxylation is 1. The third-order valence-electron chi connectivity index (χ3n) is 6.96. The first kappa shape index (κ1) is 25.9. The van der Waals surface area contributed by atoms with E-state index >= 15 is 0 Å². The first-order chi connectivity index (χ1) is 16.7. The van der Waals surface area contributed by atoms with Gasteiger partial charge in [0.2, 0.25) is 20.0 Å². The number of benzene rings is 2. The fourth-order valence-corrected chi connectivity index (χ4v) is 7.85. The van der Waals surface area contributed by atoms with E-state index in [-0.39, 0.29) is 4.90 Å². The Hall–Kier alpha value is -2.14. The van der Waals surface area contributed by atoms with Gasteiger partial charge in [0.05, 0.1) is 22.6 Å². The molecule has 0 amide bonds. The van der Waals surface area contributed by atoms with Gasteiger partial charge in [0.15, 0.2) is 0 Å². The maximum absolute atomic E-state index is 13.3. The quantitative estimate of drug-likeness (QED) is 0.556. The van der Waals surface area contributed by atoms with Gasteiger partial charge in [0.25, 0.3) is 0 Å². The SMILES string of the molecule is CCc1ccc(S(=O)(=O)N2CCN(c3cc(S(=O)(=O)N4CCC[C@@H](C)C4)ccc3OC)CC2)cc1. The van der Waals surface area contributed by atoms with E-state index in [1.165, 1.54) is 4.31 Å². The van der Waals surface area contributed by atoms with Crippen molar-refractivity contribution in [3.05, 3.63) is 48.0 Å². The van der Waals surface area contributed by atoms with Crippen molar-refractivity contribution in [2.24, 2.45) is 5.92 Å². The van der Waals surface area contributed by atoms with Crippen molar-refractivity contribution in [1.82, 2.24) is 8.61 Å². The number of ether oxygens (including phenoxy) is 1. The summed E-state index contributed by atoms with van der Waals surface area (Å²) >= 11 is 0. The van der Waals surface area contributed by atoms with Crippen molar-refractivity contribution in [3.63, 3.8) is 0 Å². The largest absolute Gasteiger partial charge is 0.495 e. The predicted octanol–water partition coefficient (Wildman–Crippen LogP) is 3.19. The lowest BCUT2D eigenvalue weighted by molar-refractivity contribution is 0.281. The summed E-state index contributed by atoms with van der Waals surface area (Å²) in [6.07, 6.45) is 2.75. The summed E-state index contributed by atoms with van der Waals surface area (Å²) in [6.45, 7) is 6.66. The minimum atomic E-state index is -3.61. The van der Waals surface area contributed by atoms with Gasteiger partial charge in [-0.2, -0.15) is 8.61 Å². The number of hydrogen-bond acceptors (Lipinski definition) is 6. The van der Waals surface area contributed by atoms with E-state index in [0.717, 1.165) is 24.8 Å². The topological polar surface area (TPSA) is 87.2 Å². The lowest BCUT2D eigenvalue weighted by atomic mass is 10.0. The standard InChI is InChI=1S/C25H35N3O5S2/c1-4-21-7-9-22(10-8-21)34(29,30)27-16-14-26(15-17-27)24-18-23(11-12-25(24)33-3)35(31,32)28-13-5-6-20(2)19-28/h7-12,18,20H,4-6,13-17,19H2,1-3H3/t20-/m1/s1. The smallest absolute Gasteiger partial charge is 0.243 e. The van der Waals surface area contributed by atoms with Crippen LogP contribution in [0.1, 0.15) is 32.3 Å². The number of piperidine rings is 1. The summed E-state index contributed by atoms with van der Waals surface area (Å²) < 4.78 is 61.5. The van der Waals surface area contributed by atoms with Crippen molar-refractivity contribution in [2.45, 2.75) is 42.9 Å². The van der Waals surface area contributed by atoms with Gasteiger partial charge < -0.3 is 9.64 Å². The summed E-state index contributed by atoms with van der Waals surface area (Å²) in [5.41, 5.74) is 1.76. The van der Waals surface area contributed by atoms with Crippen LogP contribution in [0.15, 0.2) is 52.3 Å². The number of piperazine rings is 1. The van der Waals surface area contributed by atoms with Gasteiger partial charge in [-0.15, -0.1) is 0 Å². The molecular weight excluding hydrogens is 486 g/mol. The molecule has 0 unspecified atom stereocenters. The summed E-state index contributed by atoms with van der Waals surface area (Å²) in [5.74, 6) is 0.909. The van der Waals surface area contributed by atoms with Crippen LogP contribution in [-0.2, 0) is 26.5 Å². The Bertz CT molecular complexity index is 1240. The molecule has 2 aliphatic rings. The first-order valence-electron chi connectivity index (χ1n) is 12.2. The van der Waals surface area contributed by atoms with Crippen LogP contribution in [0.2, 0.25) is 0 Å². The van der Waals surface area contributed by atoms with Gasteiger partial charge in [-0.25, -0.2) is 16.8 Å². The summed E-state index contributed by atoms with van der Waals surface area (Å²) in [4.78, 5) is 2.54. The second kappa shape index (κ2) is 10.5. The zero-order valence-corrected chi connectivity index (χ0v) is 22.3. The third-order valence-corrected chi connectivity index (χ3v) is 10.7. The van der Waals surface area contributed by atoms with E-state index in [4.69, 9.17) is 4.74 Å². The maximum atomic E-state index is 13.3. The van der Waals surface area contributed by atoms with Crippen LogP contribution in [0.3, 0.4) is 0 Å². The molecule has 0 saturated carbocycles. The van der Waals surface area contributed by atoms with Gasteiger partial charge in [-0.3, -0.25) is 0 Å². The van der Waals surface area contributed by atoms with E-state index in [1.54, 1.807) is 41.7 Å². The molecule has 4 rings (SSSR count). The van der Waals surface area contributed by atoms with Gasteiger partial charge in [-0.05, 0) is 61.1 Å². The first-order valence-corrected chi connectivity index (χ1v) is 15.1. The number of sulfonamides is 2. The zero-order valence-electron chi connectivity index (χ0n) is 20.7. The number of nitrogens with zero attached hydrogens (tertiary/aromatic N) is 3. The molecule has 0 N–H and O–H groups in total. The molecule has 10 heteroatoms. The van der Waals surface area contributed by atoms with Crippen molar-refractivity contribution in [2.75, 3.05) is 51.3 Å². The molecule has 2 heterocycles. The number of anilines is 1. The van der Waals surface area contributed by atoms with Crippen molar-refractivity contribution in [1.29, 1.82) is 0 Å². The normalized spacial score (nSPS) is 20.7. The highest BCUT2D eigenvalue weighted by Crippen LogP contribution is 2.34. The molecular formula is C25H35N3O5S2. The Morgan fingerprint density at radius 1 is 0.857 bits per heavy atom. The van der Waals surface area contributed by atoms with Gasteiger partial charge in [0, 0.05) is 39.3 Å². The molecule has 2 saturated heterocycles. The van der Waals surface area contributed by atoms with E-state index in [1.807, 2.05) is 24.0 Å². The van der Waals surface area contributed by atoms with Gasteiger partial charge in [-0.1, -0.05) is 26.0 Å². The Balaban J connectivity index is 1.53. The van der Waals surface area contributed by atoms with Crippen LogP contribution >= 0.6 is 0 Å². The summed E-state index contributed by atoms with van der Waals surface area (Å²) in [5, 5.41) is 0. The number of methoxy groups -OCH3 is 1. The zero-order chi connectivity index (χ0) is 25.2. The highest BCUT2D eigenvalue weighted by molar-refractivity contribution is 7.89. The minimum absolute atomic E-state index is 0.244. The molecule has 0 aromatic heterocycles. The maximum Gasteiger partial charge on any atom is 0.243 e. The van der Waals surface area contributed by atoms with Crippen LogP contribution in [-0.4, -0.2) is 71.8 Å². The molecule has 192 valence electrons. The van der Waals surface area contributed by atoms with Gasteiger partial charge in [0.1, 0.15) is 5.75 Å². The Kier molecular flexibility index (Phi) is 7.75. The van der Waals surface area contributed by atoms with E-state index in [9.17, 15) is 16.8 Å². The predicted molar refractivity (Wildman–Crippen MR) is 137 cm³/mol. The molecule has 2 aliphatic heterocycles. The Morgan fingerprint density at radius 2 is 1.49 bits per heavy atom. The van der Waals surface area contributed by atoms with E-state index < -0.39 is 20.0 Å². The van der Waals surface area contributed by atoms with Crippen LogP contribution in [0.4, 0.5) is 5.69 Å². The fraction of sp³-hybridized carbons (Fsp3) is 0.520. The lowest BCUT2D eigenvalue weighted by Gasteiger charge is -2.36. The highest BCUT2D eigenvalue weighted by Gasteiger charge is 2.32. The Labute approximate surface area is 209 Å². The van der Waals surface area contributed by atoms with Crippen molar-refractivity contribution < 1.29 is 21.6 Å². The average Bonchev–Trinajstić information content (AvgIpc) is 2.88. The third kappa shape index (κ3) is 5.35. The van der Waals surface area contributed by atoms with Crippen molar-refractivity contribution in [3.8, 4) is 5.75 Å². The van der Waals surface area contributed by atoms with Crippen LogP contribution in [0.5, 0.6) is 5.75 Å². The molecule has 8 nitrogen and oxygen atoms in total. The molecule has 2 aromatic carbocycles. The summed E-state index contributed by atoms with van der Waals surface area (Å²) in [7, 11) is -5.64. The number of hydrogen-bond donors (Lipinski definition) is 0. The van der Waals surface area contributed by atoms with Crippen molar-refractivity contribution >= 4 is 25.7 Å². The molecule has 35 heavy (non-hydrogen) atoms. The molecule has 0 aliphatic carbocycles.